The lowest BCUT2D eigenvalue weighted by Crippen LogP contribution is -2.34. The molecule has 110 valence electrons. The fraction of sp³-hybridized carbons (Fsp3) is 0.375. The van der Waals surface area contributed by atoms with Crippen LogP contribution in [0.2, 0.25) is 0 Å². The molecule has 0 radical (unpaired) electrons. The van der Waals surface area contributed by atoms with Crippen molar-refractivity contribution in [2.75, 3.05) is 13.6 Å². The Labute approximate surface area is 132 Å². The fourth-order valence-corrected chi connectivity index (χ4v) is 3.03. The van der Waals surface area contributed by atoms with Gasteiger partial charge in [0.05, 0.1) is 11.8 Å². The van der Waals surface area contributed by atoms with E-state index in [4.69, 9.17) is 0 Å². The van der Waals surface area contributed by atoms with Crippen LogP contribution in [0, 0.1) is 0 Å². The predicted molar refractivity (Wildman–Crippen MR) is 85.2 cm³/mol. The second-order valence-electron chi connectivity index (χ2n) is 5.85. The maximum Gasteiger partial charge on any atom is 0.256 e. The van der Waals surface area contributed by atoms with Crippen LogP contribution in [-0.4, -0.2) is 34.2 Å². The third kappa shape index (κ3) is 2.88. The summed E-state index contributed by atoms with van der Waals surface area (Å²) >= 11 is 3.47. The highest BCUT2D eigenvalue weighted by molar-refractivity contribution is 9.10. The lowest BCUT2D eigenvalue weighted by atomic mass is 9.95. The fourth-order valence-electron chi connectivity index (χ4n) is 2.77. The molecular weight excluding hydrogens is 330 g/mol. The molecule has 0 N–H and O–H groups in total. The molecular formula is C16H18BrN3O. The lowest BCUT2D eigenvalue weighted by Gasteiger charge is -2.24. The Hall–Kier alpha value is -1.62. The standard InChI is InChI=1S/C16H18BrN3O/c1-19(15(21)12-9-18-20(2)10-12)11-16(7-8-16)13-3-5-14(17)6-4-13/h3-6,9-10H,7-8,11H2,1-2H3. The summed E-state index contributed by atoms with van der Waals surface area (Å²) in [6, 6.07) is 8.44. The van der Waals surface area contributed by atoms with E-state index in [0.29, 0.717) is 5.56 Å². The maximum atomic E-state index is 12.4. The number of aryl methyl sites for hydroxylation is 1. The average Bonchev–Trinajstić information content (AvgIpc) is 3.11. The summed E-state index contributed by atoms with van der Waals surface area (Å²) in [5.74, 6) is 0.0338. The molecule has 1 aromatic carbocycles. The van der Waals surface area contributed by atoms with Crippen LogP contribution in [0.3, 0.4) is 0 Å². The zero-order chi connectivity index (χ0) is 15.0. The first-order valence-corrected chi connectivity index (χ1v) is 7.80. The Morgan fingerprint density at radius 3 is 2.57 bits per heavy atom. The molecule has 1 saturated carbocycles. The van der Waals surface area contributed by atoms with Gasteiger partial charge in [0.25, 0.3) is 5.91 Å². The Kier molecular flexibility index (Phi) is 3.61. The highest BCUT2D eigenvalue weighted by atomic mass is 79.9. The first-order valence-electron chi connectivity index (χ1n) is 7.00. The topological polar surface area (TPSA) is 38.1 Å². The van der Waals surface area contributed by atoms with E-state index in [-0.39, 0.29) is 11.3 Å². The van der Waals surface area contributed by atoms with Gasteiger partial charge >= 0.3 is 0 Å². The lowest BCUT2D eigenvalue weighted by molar-refractivity contribution is 0.0781. The summed E-state index contributed by atoms with van der Waals surface area (Å²) in [4.78, 5) is 14.2. The number of carbonyl (C=O) groups excluding carboxylic acids is 1. The largest absolute Gasteiger partial charge is 0.341 e. The molecule has 1 aliphatic rings. The van der Waals surface area contributed by atoms with Crippen molar-refractivity contribution in [3.63, 3.8) is 0 Å². The normalized spacial score (nSPS) is 15.8. The molecule has 0 saturated heterocycles. The van der Waals surface area contributed by atoms with Crippen LogP contribution in [0.4, 0.5) is 0 Å². The quantitative estimate of drug-likeness (QED) is 0.852. The van der Waals surface area contributed by atoms with Crippen molar-refractivity contribution in [1.82, 2.24) is 14.7 Å². The Balaban J connectivity index is 1.73. The SMILES string of the molecule is CN(CC1(c2ccc(Br)cc2)CC1)C(=O)c1cnn(C)c1. The van der Waals surface area contributed by atoms with Crippen LogP contribution >= 0.6 is 15.9 Å². The van der Waals surface area contributed by atoms with E-state index < -0.39 is 0 Å². The highest BCUT2D eigenvalue weighted by Gasteiger charge is 2.45. The van der Waals surface area contributed by atoms with Gasteiger partial charge in [-0.3, -0.25) is 9.48 Å². The number of halogens is 1. The maximum absolute atomic E-state index is 12.4. The van der Waals surface area contributed by atoms with Crippen LogP contribution in [0.1, 0.15) is 28.8 Å². The summed E-state index contributed by atoms with van der Waals surface area (Å²) < 4.78 is 2.74. The van der Waals surface area contributed by atoms with Crippen molar-refractivity contribution in [3.8, 4) is 0 Å². The van der Waals surface area contributed by atoms with Crippen LogP contribution in [-0.2, 0) is 12.5 Å². The average molecular weight is 348 g/mol. The number of carbonyl (C=O) groups is 1. The van der Waals surface area contributed by atoms with Crippen molar-refractivity contribution in [2.45, 2.75) is 18.3 Å². The molecule has 3 rings (SSSR count). The zero-order valence-electron chi connectivity index (χ0n) is 12.2. The Morgan fingerprint density at radius 2 is 2.05 bits per heavy atom. The van der Waals surface area contributed by atoms with Gasteiger partial charge in [0.1, 0.15) is 0 Å². The van der Waals surface area contributed by atoms with Crippen LogP contribution in [0.25, 0.3) is 0 Å². The molecule has 1 fully saturated rings. The molecule has 1 aromatic heterocycles. The minimum absolute atomic E-state index is 0.0338. The van der Waals surface area contributed by atoms with Crippen molar-refractivity contribution < 1.29 is 4.79 Å². The molecule has 2 aromatic rings. The van der Waals surface area contributed by atoms with Crippen molar-refractivity contribution >= 4 is 21.8 Å². The predicted octanol–water partition coefficient (Wildman–Crippen LogP) is 2.99. The van der Waals surface area contributed by atoms with E-state index in [1.165, 1.54) is 5.56 Å². The number of hydrogen-bond donors (Lipinski definition) is 0. The summed E-state index contributed by atoms with van der Waals surface area (Å²) in [7, 11) is 3.69. The second kappa shape index (κ2) is 5.30. The van der Waals surface area contributed by atoms with Gasteiger partial charge < -0.3 is 4.90 Å². The van der Waals surface area contributed by atoms with E-state index in [2.05, 4.69) is 45.3 Å². The van der Waals surface area contributed by atoms with Gasteiger partial charge in [-0.25, -0.2) is 0 Å². The minimum Gasteiger partial charge on any atom is -0.341 e. The van der Waals surface area contributed by atoms with Gasteiger partial charge in [-0.1, -0.05) is 28.1 Å². The number of hydrogen-bond acceptors (Lipinski definition) is 2. The molecule has 0 bridgehead atoms. The smallest absolute Gasteiger partial charge is 0.256 e. The van der Waals surface area contributed by atoms with Crippen molar-refractivity contribution in [2.24, 2.45) is 7.05 Å². The van der Waals surface area contributed by atoms with Crippen LogP contribution in [0.15, 0.2) is 41.1 Å². The number of benzene rings is 1. The van der Waals surface area contributed by atoms with E-state index >= 15 is 0 Å². The van der Waals surface area contributed by atoms with E-state index in [9.17, 15) is 4.79 Å². The van der Waals surface area contributed by atoms with Crippen LogP contribution in [0.5, 0.6) is 0 Å². The summed E-state index contributed by atoms with van der Waals surface area (Å²) in [6.45, 7) is 0.752. The van der Waals surface area contributed by atoms with Gasteiger partial charge in [0.15, 0.2) is 0 Å². The van der Waals surface area contributed by atoms with Crippen LogP contribution < -0.4 is 0 Å². The van der Waals surface area contributed by atoms with E-state index in [0.717, 1.165) is 23.9 Å². The molecule has 21 heavy (non-hydrogen) atoms. The number of aromatic nitrogens is 2. The molecule has 0 atom stereocenters. The van der Waals surface area contributed by atoms with E-state index in [1.807, 2.05) is 19.0 Å². The molecule has 1 amide bonds. The third-order valence-electron chi connectivity index (χ3n) is 4.15. The highest BCUT2D eigenvalue weighted by Crippen LogP contribution is 2.48. The first kappa shape index (κ1) is 14.3. The van der Waals surface area contributed by atoms with Gasteiger partial charge in [0.2, 0.25) is 0 Å². The number of likely N-dealkylation sites (N-methyl/N-ethyl adjacent to an activating group) is 1. The number of nitrogens with zero attached hydrogens (tertiary/aromatic N) is 3. The van der Waals surface area contributed by atoms with E-state index in [1.54, 1.807) is 17.1 Å². The summed E-state index contributed by atoms with van der Waals surface area (Å²) in [5, 5.41) is 4.06. The first-order chi connectivity index (χ1) is 10.00. The third-order valence-corrected chi connectivity index (χ3v) is 4.68. The zero-order valence-corrected chi connectivity index (χ0v) is 13.8. The molecule has 0 unspecified atom stereocenters. The number of amides is 1. The van der Waals surface area contributed by atoms with Crippen molar-refractivity contribution in [3.05, 3.63) is 52.3 Å². The molecule has 0 aliphatic heterocycles. The Morgan fingerprint density at radius 1 is 1.38 bits per heavy atom. The van der Waals surface area contributed by atoms with Gasteiger partial charge in [-0.05, 0) is 30.5 Å². The second-order valence-corrected chi connectivity index (χ2v) is 6.77. The number of rotatable bonds is 4. The molecule has 5 heteroatoms. The summed E-state index contributed by atoms with van der Waals surface area (Å²) in [6.07, 6.45) is 5.66. The summed E-state index contributed by atoms with van der Waals surface area (Å²) in [5.41, 5.74) is 2.09. The minimum atomic E-state index is 0.0338. The monoisotopic (exact) mass is 347 g/mol. The van der Waals surface area contributed by atoms with Gasteiger partial charge in [0, 0.05) is 36.7 Å². The molecule has 1 heterocycles. The Bertz CT molecular complexity index is 658. The van der Waals surface area contributed by atoms with Crippen molar-refractivity contribution in [1.29, 1.82) is 0 Å². The molecule has 0 spiro atoms. The molecule has 1 aliphatic carbocycles. The van der Waals surface area contributed by atoms with Gasteiger partial charge in [-0.15, -0.1) is 0 Å². The molecule has 4 nitrogen and oxygen atoms in total. The van der Waals surface area contributed by atoms with Gasteiger partial charge in [-0.2, -0.15) is 5.10 Å².